The van der Waals surface area contributed by atoms with Gasteiger partial charge in [0.15, 0.2) is 0 Å². The van der Waals surface area contributed by atoms with Crippen LogP contribution in [0.2, 0.25) is 0 Å². The molecule has 16 heavy (non-hydrogen) atoms. The molecular weight excluding hydrogens is 192 g/mol. The quantitative estimate of drug-likeness (QED) is 0.586. The van der Waals surface area contributed by atoms with Crippen molar-refractivity contribution in [3.63, 3.8) is 0 Å². The highest BCUT2D eigenvalue weighted by Gasteiger charge is 2.76. The first-order valence-corrected chi connectivity index (χ1v) is 7.28. The van der Waals surface area contributed by atoms with Crippen LogP contribution in [-0.4, -0.2) is 0 Å². The highest BCUT2D eigenvalue weighted by atomic mass is 14.8. The van der Waals surface area contributed by atoms with Crippen molar-refractivity contribution in [1.29, 1.82) is 0 Å². The molecule has 2 unspecified atom stereocenters. The van der Waals surface area contributed by atoms with Gasteiger partial charge in [0, 0.05) is 11.3 Å². The minimum absolute atomic E-state index is 0.576. The summed E-state index contributed by atoms with van der Waals surface area (Å²) in [7, 11) is 0. The van der Waals surface area contributed by atoms with Crippen molar-refractivity contribution < 1.29 is 0 Å². The van der Waals surface area contributed by atoms with Gasteiger partial charge < -0.3 is 0 Å². The highest BCUT2D eigenvalue weighted by Crippen LogP contribution is 2.84. The van der Waals surface area contributed by atoms with Crippen molar-refractivity contribution >= 4 is 0 Å². The third-order valence-corrected chi connectivity index (χ3v) is 6.88. The van der Waals surface area contributed by atoms with Crippen LogP contribution in [-0.2, 0) is 0 Å². The predicted octanol–water partition coefficient (Wildman–Crippen LogP) is 4.95. The zero-order valence-corrected chi connectivity index (χ0v) is 11.4. The van der Waals surface area contributed by atoms with Gasteiger partial charge in [0.2, 0.25) is 0 Å². The van der Waals surface area contributed by atoms with E-state index in [0.29, 0.717) is 16.2 Å². The standard InChI is InChI=1S/C16H26/c1-5-14(3,6-2)16(9-7-8-10-16)15(4)12-11-13(12)15/h11-12H,5-10H2,1-4H3. The van der Waals surface area contributed by atoms with Gasteiger partial charge in [0.05, 0.1) is 0 Å². The van der Waals surface area contributed by atoms with Crippen LogP contribution in [0, 0.1) is 22.2 Å². The lowest BCUT2D eigenvalue weighted by molar-refractivity contribution is -0.0237. The molecule has 0 saturated heterocycles. The van der Waals surface area contributed by atoms with E-state index in [1.54, 1.807) is 0 Å². The molecule has 3 aliphatic rings. The zero-order chi connectivity index (χ0) is 11.6. The zero-order valence-electron chi connectivity index (χ0n) is 11.4. The van der Waals surface area contributed by atoms with Crippen molar-refractivity contribution in [3.8, 4) is 0 Å². The van der Waals surface area contributed by atoms with Crippen LogP contribution in [0.3, 0.4) is 0 Å². The summed E-state index contributed by atoms with van der Waals surface area (Å²) < 4.78 is 0. The van der Waals surface area contributed by atoms with Crippen LogP contribution in [0.25, 0.3) is 0 Å². The van der Waals surface area contributed by atoms with E-state index in [1.165, 1.54) is 38.5 Å². The van der Waals surface area contributed by atoms with E-state index in [2.05, 4.69) is 33.8 Å². The molecule has 0 aromatic heterocycles. The van der Waals surface area contributed by atoms with Crippen LogP contribution in [0.15, 0.2) is 11.6 Å². The first kappa shape index (κ1) is 10.9. The fraction of sp³-hybridized carbons (Fsp3) is 0.875. The summed E-state index contributed by atoms with van der Waals surface area (Å²) in [5.41, 5.74) is 3.68. The van der Waals surface area contributed by atoms with Gasteiger partial charge in [-0.25, -0.2) is 0 Å². The molecule has 2 fully saturated rings. The maximum Gasteiger partial charge on any atom is 0.00830 e. The van der Waals surface area contributed by atoms with Crippen molar-refractivity contribution in [1.82, 2.24) is 0 Å². The fourth-order valence-electron chi connectivity index (χ4n) is 5.10. The van der Waals surface area contributed by atoms with Gasteiger partial charge in [0.1, 0.15) is 0 Å². The second-order valence-corrected chi connectivity index (χ2v) is 6.86. The summed E-state index contributed by atoms with van der Waals surface area (Å²) in [4.78, 5) is 0. The summed E-state index contributed by atoms with van der Waals surface area (Å²) in [5, 5.41) is 0. The summed E-state index contributed by atoms with van der Waals surface area (Å²) in [6.45, 7) is 9.97. The normalized spacial score (nSPS) is 39.2. The molecule has 90 valence electrons. The Labute approximate surface area is 101 Å². The lowest BCUT2D eigenvalue weighted by Crippen LogP contribution is -2.45. The molecule has 0 aromatic rings. The lowest BCUT2D eigenvalue weighted by Gasteiger charge is -2.52. The molecular formula is C16H26. The van der Waals surface area contributed by atoms with Gasteiger partial charge in [-0.3, -0.25) is 0 Å². The molecule has 0 aromatic carbocycles. The lowest BCUT2D eigenvalue weighted by atomic mass is 9.52. The Balaban J connectivity index is 2.00. The molecule has 0 nitrogen and oxygen atoms in total. The molecule has 2 atom stereocenters. The van der Waals surface area contributed by atoms with Crippen molar-refractivity contribution in [2.45, 2.75) is 66.2 Å². The molecule has 0 spiro atoms. The van der Waals surface area contributed by atoms with Crippen molar-refractivity contribution in [2.75, 3.05) is 0 Å². The van der Waals surface area contributed by atoms with E-state index in [4.69, 9.17) is 0 Å². The third kappa shape index (κ3) is 0.939. The smallest absolute Gasteiger partial charge is 0.00830 e. The number of rotatable bonds is 4. The van der Waals surface area contributed by atoms with Gasteiger partial charge in [0.25, 0.3) is 0 Å². The van der Waals surface area contributed by atoms with Crippen molar-refractivity contribution in [2.24, 2.45) is 22.2 Å². The van der Waals surface area contributed by atoms with Crippen LogP contribution in [0.4, 0.5) is 0 Å². The molecule has 0 heterocycles. The van der Waals surface area contributed by atoms with E-state index >= 15 is 0 Å². The monoisotopic (exact) mass is 218 g/mol. The molecule has 0 aliphatic heterocycles. The van der Waals surface area contributed by atoms with Gasteiger partial charge in [-0.2, -0.15) is 0 Å². The first-order valence-electron chi connectivity index (χ1n) is 7.28. The summed E-state index contributed by atoms with van der Waals surface area (Å²) in [5.74, 6) is 0.933. The molecule has 0 heteroatoms. The summed E-state index contributed by atoms with van der Waals surface area (Å²) in [6, 6.07) is 0. The van der Waals surface area contributed by atoms with Crippen molar-refractivity contribution in [3.05, 3.63) is 11.6 Å². The first-order chi connectivity index (χ1) is 7.56. The third-order valence-electron chi connectivity index (χ3n) is 6.88. The van der Waals surface area contributed by atoms with E-state index in [9.17, 15) is 0 Å². The van der Waals surface area contributed by atoms with E-state index in [0.717, 1.165) is 5.92 Å². The van der Waals surface area contributed by atoms with Gasteiger partial charge in [-0.1, -0.05) is 65.0 Å². The molecule has 0 bridgehead atoms. The average molecular weight is 218 g/mol. The fourth-order valence-corrected chi connectivity index (χ4v) is 5.10. The molecule has 2 saturated carbocycles. The van der Waals surface area contributed by atoms with E-state index in [1.807, 2.05) is 5.57 Å². The van der Waals surface area contributed by atoms with Gasteiger partial charge >= 0.3 is 0 Å². The van der Waals surface area contributed by atoms with Crippen LogP contribution >= 0.6 is 0 Å². The Morgan fingerprint density at radius 3 is 2.06 bits per heavy atom. The SMILES string of the molecule is CCC(C)(CC)C1(C2(C)C3=CC32)CCCC1. The second kappa shape index (κ2) is 2.94. The number of hydrogen-bond acceptors (Lipinski definition) is 0. The van der Waals surface area contributed by atoms with Gasteiger partial charge in [-0.05, 0) is 23.7 Å². The number of hydrogen-bond donors (Lipinski definition) is 0. The topological polar surface area (TPSA) is 0 Å². The van der Waals surface area contributed by atoms with E-state index < -0.39 is 0 Å². The molecule has 0 radical (unpaired) electrons. The summed E-state index contributed by atoms with van der Waals surface area (Å²) in [6.07, 6.45) is 11.2. The molecule has 0 amide bonds. The Morgan fingerprint density at radius 1 is 1.25 bits per heavy atom. The second-order valence-electron chi connectivity index (χ2n) is 6.86. The maximum absolute atomic E-state index is 2.57. The van der Waals surface area contributed by atoms with Crippen LogP contribution < -0.4 is 0 Å². The van der Waals surface area contributed by atoms with Crippen LogP contribution in [0.5, 0.6) is 0 Å². The summed E-state index contributed by atoms with van der Waals surface area (Å²) >= 11 is 0. The Kier molecular flexibility index (Phi) is 2.00. The maximum atomic E-state index is 2.57. The molecule has 3 rings (SSSR count). The Hall–Kier alpha value is -0.260. The Morgan fingerprint density at radius 2 is 1.75 bits per heavy atom. The average Bonchev–Trinajstić information content (AvgIpc) is 3.16. The minimum atomic E-state index is 0.576. The van der Waals surface area contributed by atoms with Gasteiger partial charge in [-0.15, -0.1) is 0 Å². The largest absolute Gasteiger partial charge is 0.0760 e. The number of allylic oxidation sites excluding steroid dienone is 2. The Bertz CT molecular complexity index is 339. The van der Waals surface area contributed by atoms with E-state index in [-0.39, 0.29) is 0 Å². The van der Waals surface area contributed by atoms with Crippen LogP contribution in [0.1, 0.15) is 66.2 Å². The predicted molar refractivity (Wildman–Crippen MR) is 69.3 cm³/mol. The number of fused-ring (bicyclic) bond motifs is 1. The minimum Gasteiger partial charge on any atom is -0.0760 e. The highest BCUT2D eigenvalue weighted by molar-refractivity contribution is 5.59. The molecule has 0 N–H and O–H groups in total. The molecule has 3 aliphatic carbocycles.